The van der Waals surface area contributed by atoms with E-state index in [4.69, 9.17) is 16.1 Å². The molecule has 0 amide bonds. The van der Waals surface area contributed by atoms with E-state index in [0.29, 0.717) is 5.02 Å². The Hall–Kier alpha value is -1.52. The molecule has 0 unspecified atom stereocenters. The lowest BCUT2D eigenvalue weighted by Gasteiger charge is -2.28. The Morgan fingerprint density at radius 3 is 2.78 bits per heavy atom. The van der Waals surface area contributed by atoms with Crippen LogP contribution in [0.25, 0.3) is 11.3 Å². The number of piperazine rings is 1. The average Bonchev–Trinajstić information content (AvgIpc) is 2.89. The van der Waals surface area contributed by atoms with Crippen LogP contribution in [0.2, 0.25) is 5.02 Å². The molecule has 4 nitrogen and oxygen atoms in total. The van der Waals surface area contributed by atoms with Crippen molar-refractivity contribution in [2.75, 3.05) is 31.1 Å². The summed E-state index contributed by atoms with van der Waals surface area (Å²) in [6.07, 6.45) is 1.77. The summed E-state index contributed by atoms with van der Waals surface area (Å²) in [6.45, 7) is 3.87. The number of nitrogens with zero attached hydrogens (tertiary/aromatic N) is 2. The van der Waals surface area contributed by atoms with E-state index in [1.807, 2.05) is 24.3 Å². The molecule has 1 aliphatic heterocycles. The zero-order valence-electron chi connectivity index (χ0n) is 9.90. The number of hydrogen-bond donors (Lipinski definition) is 1. The first-order valence-corrected chi connectivity index (χ1v) is 6.39. The van der Waals surface area contributed by atoms with E-state index in [0.717, 1.165) is 43.2 Å². The highest BCUT2D eigenvalue weighted by Gasteiger charge is 2.20. The van der Waals surface area contributed by atoms with Crippen molar-refractivity contribution >= 4 is 17.3 Å². The molecule has 5 heteroatoms. The van der Waals surface area contributed by atoms with Gasteiger partial charge in [0.2, 0.25) is 0 Å². The molecule has 0 aliphatic carbocycles. The van der Waals surface area contributed by atoms with Gasteiger partial charge >= 0.3 is 0 Å². The normalized spacial score (nSPS) is 15.9. The molecule has 0 bridgehead atoms. The molecule has 1 aromatic heterocycles. The van der Waals surface area contributed by atoms with Crippen LogP contribution in [0.5, 0.6) is 0 Å². The minimum atomic E-state index is 0.686. The molecule has 0 radical (unpaired) electrons. The summed E-state index contributed by atoms with van der Waals surface area (Å²) >= 11 is 6.21. The highest BCUT2D eigenvalue weighted by atomic mass is 35.5. The standard InChI is InChI=1S/C13H14ClN3O/c14-11-4-2-1-3-10(11)13-12(9-16-18-13)17-7-5-15-6-8-17/h1-4,9,15H,5-8H2. The van der Waals surface area contributed by atoms with Gasteiger partial charge in [0.1, 0.15) is 5.69 Å². The van der Waals surface area contributed by atoms with Crippen molar-refractivity contribution in [3.63, 3.8) is 0 Å². The monoisotopic (exact) mass is 263 g/mol. The van der Waals surface area contributed by atoms with Crippen molar-refractivity contribution in [2.45, 2.75) is 0 Å². The summed E-state index contributed by atoms with van der Waals surface area (Å²) < 4.78 is 5.39. The number of nitrogens with one attached hydrogen (secondary N) is 1. The van der Waals surface area contributed by atoms with Crippen LogP contribution in [0.3, 0.4) is 0 Å². The molecule has 0 atom stereocenters. The Balaban J connectivity index is 1.98. The van der Waals surface area contributed by atoms with Gasteiger partial charge in [-0.15, -0.1) is 0 Å². The molecule has 0 spiro atoms. The van der Waals surface area contributed by atoms with Crippen LogP contribution in [0, 0.1) is 0 Å². The van der Waals surface area contributed by atoms with Crippen LogP contribution in [-0.2, 0) is 0 Å². The average molecular weight is 264 g/mol. The largest absolute Gasteiger partial charge is 0.365 e. The number of benzene rings is 1. The van der Waals surface area contributed by atoms with Crippen LogP contribution in [-0.4, -0.2) is 31.3 Å². The van der Waals surface area contributed by atoms with Gasteiger partial charge in [0.15, 0.2) is 5.76 Å². The van der Waals surface area contributed by atoms with Crippen molar-refractivity contribution in [1.29, 1.82) is 0 Å². The highest BCUT2D eigenvalue weighted by Crippen LogP contribution is 2.35. The topological polar surface area (TPSA) is 41.3 Å². The zero-order valence-corrected chi connectivity index (χ0v) is 10.7. The molecule has 1 saturated heterocycles. The van der Waals surface area contributed by atoms with Crippen molar-refractivity contribution in [1.82, 2.24) is 10.5 Å². The number of rotatable bonds is 2. The lowest BCUT2D eigenvalue weighted by Crippen LogP contribution is -2.43. The third-order valence-electron chi connectivity index (χ3n) is 3.13. The summed E-state index contributed by atoms with van der Waals surface area (Å²) in [6, 6.07) is 7.67. The van der Waals surface area contributed by atoms with E-state index in [9.17, 15) is 0 Å². The minimum Gasteiger partial charge on any atom is -0.365 e. The van der Waals surface area contributed by atoms with Gasteiger partial charge in [0.25, 0.3) is 0 Å². The first kappa shape index (κ1) is 11.6. The molecule has 3 rings (SSSR count). The quantitative estimate of drug-likeness (QED) is 0.903. The molecule has 2 heterocycles. The van der Waals surface area contributed by atoms with Gasteiger partial charge in [-0.1, -0.05) is 28.9 Å². The number of hydrogen-bond acceptors (Lipinski definition) is 4. The molecule has 94 valence electrons. The first-order chi connectivity index (χ1) is 8.86. The second-order valence-corrected chi connectivity index (χ2v) is 4.66. The first-order valence-electron chi connectivity index (χ1n) is 6.01. The fourth-order valence-electron chi connectivity index (χ4n) is 2.20. The number of halogens is 1. The molecule has 1 N–H and O–H groups in total. The van der Waals surface area contributed by atoms with Gasteiger partial charge < -0.3 is 14.7 Å². The fourth-order valence-corrected chi connectivity index (χ4v) is 2.42. The summed E-state index contributed by atoms with van der Waals surface area (Å²) in [7, 11) is 0. The molecule has 18 heavy (non-hydrogen) atoms. The molecule has 2 aromatic rings. The van der Waals surface area contributed by atoms with E-state index in [1.54, 1.807) is 6.20 Å². The Labute approximate surface area is 111 Å². The predicted molar refractivity (Wildman–Crippen MR) is 72.0 cm³/mol. The van der Waals surface area contributed by atoms with Crippen molar-refractivity contribution in [2.24, 2.45) is 0 Å². The van der Waals surface area contributed by atoms with Gasteiger partial charge in [-0.05, 0) is 12.1 Å². The Bertz CT molecular complexity index is 535. The van der Waals surface area contributed by atoms with E-state index in [-0.39, 0.29) is 0 Å². The number of aromatic nitrogens is 1. The Kier molecular flexibility index (Phi) is 3.21. The van der Waals surface area contributed by atoms with E-state index in [2.05, 4.69) is 15.4 Å². The zero-order chi connectivity index (χ0) is 12.4. The van der Waals surface area contributed by atoms with Crippen LogP contribution < -0.4 is 10.2 Å². The van der Waals surface area contributed by atoms with E-state index in [1.165, 1.54) is 0 Å². The Morgan fingerprint density at radius 2 is 2.00 bits per heavy atom. The van der Waals surface area contributed by atoms with Crippen LogP contribution in [0.15, 0.2) is 35.0 Å². The summed E-state index contributed by atoms with van der Waals surface area (Å²) in [5.41, 5.74) is 1.91. The van der Waals surface area contributed by atoms with Gasteiger partial charge in [-0.3, -0.25) is 0 Å². The predicted octanol–water partition coefficient (Wildman–Crippen LogP) is 2.40. The van der Waals surface area contributed by atoms with E-state index < -0.39 is 0 Å². The van der Waals surface area contributed by atoms with Gasteiger partial charge in [-0.2, -0.15) is 0 Å². The molecule has 1 aromatic carbocycles. The molecule has 0 saturated carbocycles. The van der Waals surface area contributed by atoms with Crippen LogP contribution >= 0.6 is 11.6 Å². The van der Waals surface area contributed by atoms with Crippen LogP contribution in [0.1, 0.15) is 0 Å². The third-order valence-corrected chi connectivity index (χ3v) is 3.46. The van der Waals surface area contributed by atoms with Crippen molar-refractivity contribution < 1.29 is 4.52 Å². The maximum Gasteiger partial charge on any atom is 0.191 e. The summed E-state index contributed by atoms with van der Waals surface area (Å²) in [5, 5.41) is 7.93. The Morgan fingerprint density at radius 1 is 1.22 bits per heavy atom. The summed E-state index contributed by atoms with van der Waals surface area (Å²) in [4.78, 5) is 2.27. The van der Waals surface area contributed by atoms with Gasteiger partial charge in [-0.25, -0.2) is 0 Å². The summed E-state index contributed by atoms with van der Waals surface area (Å²) in [5.74, 6) is 0.752. The fraction of sp³-hybridized carbons (Fsp3) is 0.308. The highest BCUT2D eigenvalue weighted by molar-refractivity contribution is 6.33. The molecule has 1 fully saturated rings. The maximum atomic E-state index is 6.21. The van der Waals surface area contributed by atoms with E-state index >= 15 is 0 Å². The molecule has 1 aliphatic rings. The SMILES string of the molecule is Clc1ccccc1-c1oncc1N1CCNCC1. The molecular formula is C13H14ClN3O. The second kappa shape index (κ2) is 5.00. The third kappa shape index (κ3) is 2.09. The molecular weight excluding hydrogens is 250 g/mol. The lowest BCUT2D eigenvalue weighted by atomic mass is 10.1. The smallest absolute Gasteiger partial charge is 0.191 e. The van der Waals surface area contributed by atoms with Gasteiger partial charge in [0.05, 0.1) is 11.2 Å². The lowest BCUT2D eigenvalue weighted by molar-refractivity contribution is 0.432. The maximum absolute atomic E-state index is 6.21. The second-order valence-electron chi connectivity index (χ2n) is 4.26. The van der Waals surface area contributed by atoms with Crippen molar-refractivity contribution in [3.8, 4) is 11.3 Å². The van der Waals surface area contributed by atoms with Crippen LogP contribution in [0.4, 0.5) is 5.69 Å². The number of anilines is 1. The minimum absolute atomic E-state index is 0.686. The van der Waals surface area contributed by atoms with Crippen molar-refractivity contribution in [3.05, 3.63) is 35.5 Å². The van der Waals surface area contributed by atoms with Gasteiger partial charge in [0, 0.05) is 31.7 Å².